The summed E-state index contributed by atoms with van der Waals surface area (Å²) in [6, 6.07) is 5.47. The van der Waals surface area contributed by atoms with Crippen LogP contribution in [0.3, 0.4) is 0 Å². The molecule has 15 heavy (non-hydrogen) atoms. The van der Waals surface area contributed by atoms with E-state index in [-0.39, 0.29) is 12.1 Å². The molecule has 0 fully saturated rings. The van der Waals surface area contributed by atoms with Gasteiger partial charge in [-0.3, -0.25) is 9.98 Å². The molecule has 1 aliphatic rings. The van der Waals surface area contributed by atoms with Crippen molar-refractivity contribution in [2.45, 2.75) is 0 Å². The number of hydrogen-bond donors (Lipinski definition) is 2. The molecule has 0 unspecified atom stereocenters. The average molecular weight is 203 g/mol. The van der Waals surface area contributed by atoms with Gasteiger partial charge in [-0.05, 0) is 12.1 Å². The SMILES string of the molecule is O=C(O)C1=CNC(c2ccccn2)=NC1. The number of rotatable bonds is 2. The zero-order valence-electron chi connectivity index (χ0n) is 7.84. The monoisotopic (exact) mass is 203 g/mol. The number of aliphatic imine (C=N–C) groups is 1. The largest absolute Gasteiger partial charge is 0.478 e. The lowest BCUT2D eigenvalue weighted by Gasteiger charge is -2.11. The van der Waals surface area contributed by atoms with Crippen LogP contribution in [0.25, 0.3) is 0 Å². The molecule has 5 heteroatoms. The Hall–Kier alpha value is -2.17. The molecule has 76 valence electrons. The number of aliphatic carboxylic acids is 1. The molecule has 0 spiro atoms. The Bertz CT molecular complexity index is 437. The highest BCUT2D eigenvalue weighted by Gasteiger charge is 2.13. The number of amidine groups is 1. The van der Waals surface area contributed by atoms with Gasteiger partial charge in [0.1, 0.15) is 5.69 Å². The van der Waals surface area contributed by atoms with Gasteiger partial charge in [0, 0.05) is 12.4 Å². The summed E-state index contributed by atoms with van der Waals surface area (Å²) < 4.78 is 0. The van der Waals surface area contributed by atoms with Crippen LogP contribution in [0, 0.1) is 0 Å². The fraction of sp³-hybridized carbons (Fsp3) is 0.100. The Morgan fingerprint density at radius 3 is 2.87 bits per heavy atom. The maximum atomic E-state index is 10.6. The van der Waals surface area contributed by atoms with Crippen LogP contribution in [0.15, 0.2) is 41.2 Å². The van der Waals surface area contributed by atoms with Crippen molar-refractivity contribution < 1.29 is 9.90 Å². The first-order valence-corrected chi connectivity index (χ1v) is 4.42. The topological polar surface area (TPSA) is 74.6 Å². The molecule has 0 saturated heterocycles. The van der Waals surface area contributed by atoms with Gasteiger partial charge in [0.2, 0.25) is 0 Å². The lowest BCUT2D eigenvalue weighted by molar-refractivity contribution is -0.132. The number of hydrogen-bond acceptors (Lipinski definition) is 4. The molecule has 0 aromatic carbocycles. The third kappa shape index (κ3) is 2.01. The van der Waals surface area contributed by atoms with Crippen LogP contribution in [-0.4, -0.2) is 28.4 Å². The summed E-state index contributed by atoms with van der Waals surface area (Å²) in [5.74, 6) is -0.355. The van der Waals surface area contributed by atoms with Crippen LogP contribution < -0.4 is 5.32 Å². The predicted octanol–water partition coefficient (Wildman–Crippen LogP) is 0.400. The zero-order valence-corrected chi connectivity index (χ0v) is 7.84. The molecule has 0 bridgehead atoms. The highest BCUT2D eigenvalue weighted by Crippen LogP contribution is 2.03. The van der Waals surface area contributed by atoms with Crippen LogP contribution in [0.2, 0.25) is 0 Å². The van der Waals surface area contributed by atoms with Gasteiger partial charge >= 0.3 is 5.97 Å². The van der Waals surface area contributed by atoms with E-state index in [1.165, 1.54) is 6.20 Å². The van der Waals surface area contributed by atoms with E-state index in [2.05, 4.69) is 15.3 Å². The van der Waals surface area contributed by atoms with Crippen molar-refractivity contribution in [2.24, 2.45) is 4.99 Å². The van der Waals surface area contributed by atoms with E-state index in [9.17, 15) is 4.79 Å². The minimum atomic E-state index is -0.952. The molecule has 0 aliphatic carbocycles. The van der Waals surface area contributed by atoms with E-state index in [4.69, 9.17) is 5.11 Å². The number of nitrogens with one attached hydrogen (secondary N) is 1. The second-order valence-corrected chi connectivity index (χ2v) is 3.00. The first-order chi connectivity index (χ1) is 7.27. The Morgan fingerprint density at radius 1 is 1.47 bits per heavy atom. The van der Waals surface area contributed by atoms with Crippen molar-refractivity contribution in [1.29, 1.82) is 0 Å². The number of aromatic nitrogens is 1. The van der Waals surface area contributed by atoms with E-state index in [0.717, 1.165) is 0 Å². The van der Waals surface area contributed by atoms with Crippen molar-refractivity contribution in [3.63, 3.8) is 0 Å². The van der Waals surface area contributed by atoms with Crippen LogP contribution in [-0.2, 0) is 4.79 Å². The smallest absolute Gasteiger partial charge is 0.334 e. The van der Waals surface area contributed by atoms with Crippen molar-refractivity contribution in [3.8, 4) is 0 Å². The minimum Gasteiger partial charge on any atom is -0.478 e. The standard InChI is InChI=1S/C10H9N3O2/c14-10(15)7-5-12-9(13-6-7)8-3-1-2-4-11-8/h1-5H,6H2,(H,12,13)(H,14,15). The lowest BCUT2D eigenvalue weighted by atomic mass is 10.2. The van der Waals surface area contributed by atoms with Crippen molar-refractivity contribution in [3.05, 3.63) is 41.9 Å². The maximum absolute atomic E-state index is 10.6. The van der Waals surface area contributed by atoms with Gasteiger partial charge in [0.05, 0.1) is 12.1 Å². The van der Waals surface area contributed by atoms with Crippen LogP contribution in [0.4, 0.5) is 0 Å². The summed E-state index contributed by atoms with van der Waals surface area (Å²) in [5, 5.41) is 11.5. The molecule has 5 nitrogen and oxygen atoms in total. The number of pyridine rings is 1. The van der Waals surface area contributed by atoms with Crippen molar-refractivity contribution in [1.82, 2.24) is 10.3 Å². The molecule has 1 aromatic rings. The number of carbonyl (C=O) groups is 1. The van der Waals surface area contributed by atoms with Crippen LogP contribution in [0.1, 0.15) is 5.69 Å². The summed E-state index contributed by atoms with van der Waals surface area (Å²) in [6.07, 6.45) is 3.11. The summed E-state index contributed by atoms with van der Waals surface area (Å²) in [5.41, 5.74) is 0.952. The molecule has 2 N–H and O–H groups in total. The lowest BCUT2D eigenvalue weighted by Crippen LogP contribution is -2.26. The van der Waals surface area contributed by atoms with Crippen molar-refractivity contribution >= 4 is 11.8 Å². The van der Waals surface area contributed by atoms with E-state index in [0.29, 0.717) is 11.5 Å². The number of carboxylic acid groups (broad SMARTS) is 1. The molecule has 2 heterocycles. The molecule has 1 aromatic heterocycles. The first-order valence-electron chi connectivity index (χ1n) is 4.42. The van der Waals surface area contributed by atoms with Crippen LogP contribution in [0.5, 0.6) is 0 Å². The van der Waals surface area contributed by atoms with Crippen LogP contribution >= 0.6 is 0 Å². The second kappa shape index (κ2) is 3.91. The van der Waals surface area contributed by atoms with Gasteiger partial charge in [-0.15, -0.1) is 0 Å². The van der Waals surface area contributed by atoms with E-state index < -0.39 is 5.97 Å². The molecular formula is C10H9N3O2. The summed E-state index contributed by atoms with van der Waals surface area (Å²) in [4.78, 5) is 18.8. The Morgan fingerprint density at radius 2 is 2.33 bits per heavy atom. The third-order valence-corrected chi connectivity index (χ3v) is 1.97. The minimum absolute atomic E-state index is 0.175. The van der Waals surface area contributed by atoms with E-state index >= 15 is 0 Å². The quantitative estimate of drug-likeness (QED) is 0.729. The molecular weight excluding hydrogens is 194 g/mol. The Labute approximate surface area is 86.2 Å². The Kier molecular flexibility index (Phi) is 2.45. The summed E-state index contributed by atoms with van der Waals surface area (Å²) >= 11 is 0. The van der Waals surface area contributed by atoms with Gasteiger partial charge in [-0.1, -0.05) is 6.07 Å². The summed E-state index contributed by atoms with van der Waals surface area (Å²) in [6.45, 7) is 0.175. The third-order valence-electron chi connectivity index (χ3n) is 1.97. The average Bonchev–Trinajstić information content (AvgIpc) is 2.30. The first kappa shape index (κ1) is 9.39. The predicted molar refractivity (Wildman–Crippen MR) is 54.5 cm³/mol. The fourth-order valence-electron chi connectivity index (χ4n) is 1.20. The highest BCUT2D eigenvalue weighted by molar-refractivity contribution is 6.00. The molecule has 2 rings (SSSR count). The normalized spacial score (nSPS) is 14.9. The maximum Gasteiger partial charge on any atom is 0.334 e. The van der Waals surface area contributed by atoms with Gasteiger partial charge in [0.25, 0.3) is 0 Å². The summed E-state index contributed by atoms with van der Waals surface area (Å²) in [7, 11) is 0. The molecule has 1 aliphatic heterocycles. The van der Waals surface area contributed by atoms with Gasteiger partial charge in [-0.2, -0.15) is 0 Å². The molecule has 0 amide bonds. The van der Waals surface area contributed by atoms with Gasteiger partial charge in [-0.25, -0.2) is 4.79 Å². The Balaban J connectivity index is 2.15. The number of carboxylic acids is 1. The van der Waals surface area contributed by atoms with E-state index in [1.807, 2.05) is 18.2 Å². The zero-order chi connectivity index (χ0) is 10.7. The molecule has 0 radical (unpaired) electrons. The van der Waals surface area contributed by atoms with Gasteiger partial charge in [0.15, 0.2) is 5.84 Å². The molecule has 0 atom stereocenters. The number of nitrogens with zero attached hydrogens (tertiary/aromatic N) is 2. The van der Waals surface area contributed by atoms with Gasteiger partial charge < -0.3 is 10.4 Å². The fourth-order valence-corrected chi connectivity index (χ4v) is 1.20. The van der Waals surface area contributed by atoms with E-state index in [1.54, 1.807) is 6.20 Å². The molecule has 0 saturated carbocycles. The highest BCUT2D eigenvalue weighted by atomic mass is 16.4. The van der Waals surface area contributed by atoms with Crippen molar-refractivity contribution in [2.75, 3.05) is 6.54 Å². The second-order valence-electron chi connectivity index (χ2n) is 3.00.